The van der Waals surface area contributed by atoms with Crippen LogP contribution in [0.1, 0.15) is 48.9 Å². The lowest BCUT2D eigenvalue weighted by molar-refractivity contribution is 0.102. The lowest BCUT2D eigenvalue weighted by atomic mass is 9.79. The van der Waals surface area contributed by atoms with E-state index in [1.165, 1.54) is 12.8 Å². The number of carbonyl (C=O) groups is 1. The highest BCUT2D eigenvalue weighted by atomic mass is 32.2. The summed E-state index contributed by atoms with van der Waals surface area (Å²) in [6.45, 7) is 2.07. The number of aliphatic hydroxyl groups excluding tert-OH is 1. The van der Waals surface area contributed by atoms with E-state index < -0.39 is 16.6 Å². The Morgan fingerprint density at radius 3 is 2.77 bits per heavy atom. The topological polar surface area (TPSA) is 124 Å². The molecule has 1 saturated heterocycles. The number of benzene rings is 1. The predicted octanol–water partition coefficient (Wildman–Crippen LogP) is 3.27. The molecule has 2 aliphatic heterocycles. The number of hydrogen-bond donors (Lipinski definition) is 4. The molecule has 5 rings (SSSR count). The van der Waals surface area contributed by atoms with Gasteiger partial charge < -0.3 is 20.6 Å². The van der Waals surface area contributed by atoms with Crippen molar-refractivity contribution in [3.05, 3.63) is 42.0 Å². The van der Waals surface area contributed by atoms with Crippen LogP contribution in [0.15, 0.2) is 36.4 Å². The summed E-state index contributed by atoms with van der Waals surface area (Å²) in [5.41, 5.74) is 2.01. The van der Waals surface area contributed by atoms with Gasteiger partial charge in [0.25, 0.3) is 5.91 Å². The first-order valence-electron chi connectivity index (χ1n) is 12.4. The molecular formula is C25H33N5O4S. The summed E-state index contributed by atoms with van der Waals surface area (Å²) in [6, 6.07) is 10.5. The van der Waals surface area contributed by atoms with Crippen LogP contribution in [0.5, 0.6) is 0 Å². The van der Waals surface area contributed by atoms with Crippen molar-refractivity contribution in [2.45, 2.75) is 38.5 Å². The van der Waals surface area contributed by atoms with Gasteiger partial charge >= 0.3 is 0 Å². The van der Waals surface area contributed by atoms with Crippen LogP contribution in [0.4, 0.5) is 23.0 Å². The maximum atomic E-state index is 13.4. The fraction of sp³-hybridized carbons (Fsp3) is 0.520. The smallest absolute Gasteiger partial charge is 0.258 e. The zero-order valence-electron chi connectivity index (χ0n) is 19.8. The first kappa shape index (κ1) is 23.9. The Morgan fingerprint density at radius 2 is 1.97 bits per heavy atom. The third-order valence-corrected chi connectivity index (χ3v) is 8.84. The zero-order valence-corrected chi connectivity index (χ0v) is 20.6. The van der Waals surface area contributed by atoms with Gasteiger partial charge in [0, 0.05) is 19.6 Å². The molecular weight excluding hydrogens is 466 g/mol. The average Bonchev–Trinajstić information content (AvgIpc) is 3.59. The predicted molar refractivity (Wildman–Crippen MR) is 137 cm³/mol. The van der Waals surface area contributed by atoms with Crippen LogP contribution in [0.3, 0.4) is 0 Å². The summed E-state index contributed by atoms with van der Waals surface area (Å²) in [7, 11) is -3.68. The van der Waals surface area contributed by atoms with E-state index in [2.05, 4.69) is 25.2 Å². The number of sulfonamides is 1. The Bertz CT molecular complexity index is 1200. The second-order valence-corrected chi connectivity index (χ2v) is 11.8. The van der Waals surface area contributed by atoms with Crippen molar-refractivity contribution in [2.24, 2.45) is 11.3 Å². The SMILES string of the molecule is O=C1Nc2cccc(n2)NCCCCC2CN(CCC23CC3)c2cc(NS(=O)(=O)CCO)ccc21. The van der Waals surface area contributed by atoms with Gasteiger partial charge in [-0.1, -0.05) is 12.5 Å². The van der Waals surface area contributed by atoms with E-state index in [4.69, 9.17) is 5.11 Å². The molecule has 1 aromatic carbocycles. The zero-order chi connectivity index (χ0) is 24.5. The minimum absolute atomic E-state index is 0.285. The number of aromatic nitrogens is 1. The molecule has 3 aliphatic rings. The first-order valence-corrected chi connectivity index (χ1v) is 14.1. The van der Waals surface area contributed by atoms with Gasteiger partial charge in [-0.25, -0.2) is 13.4 Å². The highest BCUT2D eigenvalue weighted by Crippen LogP contribution is 2.58. The molecule has 2 fully saturated rings. The number of nitrogens with one attached hydrogen (secondary N) is 3. The quantitative estimate of drug-likeness (QED) is 0.509. The van der Waals surface area contributed by atoms with Gasteiger partial charge in [-0.3, -0.25) is 9.52 Å². The molecule has 1 saturated carbocycles. The fourth-order valence-electron chi connectivity index (χ4n) is 5.47. The maximum Gasteiger partial charge on any atom is 0.258 e. The van der Waals surface area contributed by atoms with Crippen LogP contribution >= 0.6 is 0 Å². The summed E-state index contributed by atoms with van der Waals surface area (Å²) in [4.78, 5) is 20.1. The van der Waals surface area contributed by atoms with Crippen LogP contribution < -0.4 is 20.3 Å². The average molecular weight is 500 g/mol. The van der Waals surface area contributed by atoms with E-state index in [1.54, 1.807) is 24.3 Å². The van der Waals surface area contributed by atoms with Crippen molar-refractivity contribution in [3.63, 3.8) is 0 Å². The van der Waals surface area contributed by atoms with Gasteiger partial charge in [-0.2, -0.15) is 0 Å². The van der Waals surface area contributed by atoms with Crippen LogP contribution in [0, 0.1) is 11.3 Å². The fourth-order valence-corrected chi connectivity index (χ4v) is 6.29. The third kappa shape index (κ3) is 5.38. The molecule has 35 heavy (non-hydrogen) atoms. The number of aliphatic hydroxyl groups is 1. The molecule has 1 unspecified atom stereocenters. The van der Waals surface area contributed by atoms with Gasteiger partial charge in [0.1, 0.15) is 11.6 Å². The maximum absolute atomic E-state index is 13.4. The monoisotopic (exact) mass is 499 g/mol. The molecule has 3 heterocycles. The molecule has 1 amide bonds. The van der Waals surface area contributed by atoms with Gasteiger partial charge in [-0.15, -0.1) is 0 Å². The van der Waals surface area contributed by atoms with Gasteiger partial charge in [0.15, 0.2) is 0 Å². The van der Waals surface area contributed by atoms with Crippen LogP contribution in [0.25, 0.3) is 0 Å². The molecule has 4 bridgehead atoms. The third-order valence-electron chi connectivity index (χ3n) is 7.57. The van der Waals surface area contributed by atoms with Gasteiger partial charge in [0.2, 0.25) is 10.0 Å². The van der Waals surface area contributed by atoms with E-state index >= 15 is 0 Å². The van der Waals surface area contributed by atoms with Crippen molar-refractivity contribution in [1.29, 1.82) is 0 Å². The summed E-state index contributed by atoms with van der Waals surface area (Å²) in [5.74, 6) is 1.07. The van der Waals surface area contributed by atoms with E-state index in [0.29, 0.717) is 28.4 Å². The molecule has 1 aromatic heterocycles. The number of pyridine rings is 1. The van der Waals surface area contributed by atoms with Crippen LogP contribution in [-0.4, -0.2) is 56.4 Å². The van der Waals surface area contributed by atoms with Crippen molar-refractivity contribution >= 4 is 38.9 Å². The lowest BCUT2D eigenvalue weighted by Gasteiger charge is -2.41. The molecule has 10 heteroatoms. The minimum atomic E-state index is -3.68. The molecule has 0 radical (unpaired) electrons. The molecule has 9 nitrogen and oxygen atoms in total. The Kier molecular flexibility index (Phi) is 6.59. The largest absolute Gasteiger partial charge is 0.395 e. The minimum Gasteiger partial charge on any atom is -0.395 e. The number of piperidine rings is 1. The highest BCUT2D eigenvalue weighted by Gasteiger charge is 2.51. The number of carbonyl (C=O) groups excluding carboxylic acids is 1. The normalized spacial score (nSPS) is 21.7. The Hall–Kier alpha value is -2.85. The van der Waals surface area contributed by atoms with Gasteiger partial charge in [-0.05, 0) is 73.8 Å². The molecule has 4 N–H and O–H groups in total. The van der Waals surface area contributed by atoms with E-state index in [-0.39, 0.29) is 11.7 Å². The Labute approximate surface area is 206 Å². The second-order valence-electron chi connectivity index (χ2n) is 9.92. The molecule has 188 valence electrons. The van der Waals surface area contributed by atoms with E-state index in [9.17, 15) is 13.2 Å². The molecule has 1 spiro atoms. The molecule has 1 aliphatic carbocycles. The Morgan fingerprint density at radius 1 is 1.14 bits per heavy atom. The molecule has 2 aromatic rings. The van der Waals surface area contributed by atoms with Crippen molar-refractivity contribution in [2.75, 3.05) is 52.2 Å². The van der Waals surface area contributed by atoms with Crippen molar-refractivity contribution in [3.8, 4) is 0 Å². The first-order chi connectivity index (χ1) is 16.9. The number of nitrogens with zero attached hydrogens (tertiary/aromatic N) is 2. The summed E-state index contributed by atoms with van der Waals surface area (Å²) in [5, 5.41) is 15.4. The Balaban J connectivity index is 1.51. The highest BCUT2D eigenvalue weighted by molar-refractivity contribution is 7.92. The van der Waals surface area contributed by atoms with Crippen molar-refractivity contribution in [1.82, 2.24) is 4.98 Å². The summed E-state index contributed by atoms with van der Waals surface area (Å²) >= 11 is 0. The number of anilines is 4. The number of amides is 1. The van der Waals surface area contributed by atoms with E-state index in [0.717, 1.165) is 56.8 Å². The standard InChI is InChI=1S/C25H33N5O4S/c31-14-15-35(33,34)29-19-7-8-20-21(16-19)30-13-11-25(9-10-25)18(17-30)4-1-2-12-26-22-5-3-6-23(27-22)28-24(20)32/h3,5-8,16,18,29,31H,1-2,4,9-15,17H2,(H2,26,27,28,32). The van der Waals surface area contributed by atoms with E-state index in [1.807, 2.05) is 12.1 Å². The number of rotatable bonds is 4. The van der Waals surface area contributed by atoms with Gasteiger partial charge in [0.05, 0.1) is 29.3 Å². The number of hydrogen-bond acceptors (Lipinski definition) is 7. The second kappa shape index (κ2) is 9.66. The summed E-state index contributed by atoms with van der Waals surface area (Å²) < 4.78 is 27.1. The summed E-state index contributed by atoms with van der Waals surface area (Å²) in [6.07, 6.45) is 6.94. The molecule has 1 atom stereocenters. The van der Waals surface area contributed by atoms with Crippen molar-refractivity contribution < 1.29 is 18.3 Å². The van der Waals surface area contributed by atoms with Crippen LogP contribution in [-0.2, 0) is 10.0 Å². The van der Waals surface area contributed by atoms with Crippen LogP contribution in [0.2, 0.25) is 0 Å². The lowest BCUT2D eigenvalue weighted by Crippen LogP contribution is -2.42. The number of fused-ring (bicyclic) bond motifs is 7.